The van der Waals surface area contributed by atoms with Gasteiger partial charge in [0.1, 0.15) is 11.6 Å². The Balaban J connectivity index is 2.29. The number of hydrogen-bond acceptors (Lipinski definition) is 3. The summed E-state index contributed by atoms with van der Waals surface area (Å²) in [5.74, 6) is -2.44. The third kappa shape index (κ3) is 2.36. The summed E-state index contributed by atoms with van der Waals surface area (Å²) in [6.45, 7) is 1.73. The molecule has 0 fully saturated rings. The van der Waals surface area contributed by atoms with Crippen LogP contribution >= 0.6 is 0 Å². The summed E-state index contributed by atoms with van der Waals surface area (Å²) in [5, 5.41) is 19.8. The minimum atomic E-state index is -1.50. The Labute approximate surface area is 129 Å². The van der Waals surface area contributed by atoms with Gasteiger partial charge < -0.3 is 20.2 Å². The Bertz CT molecular complexity index is 988. The van der Waals surface area contributed by atoms with E-state index in [1.165, 1.54) is 12.1 Å². The van der Waals surface area contributed by atoms with Gasteiger partial charge in [0.15, 0.2) is 5.56 Å². The Morgan fingerprint density at radius 3 is 2.65 bits per heavy atom. The molecule has 0 spiro atoms. The van der Waals surface area contributed by atoms with Crippen LogP contribution in [0.2, 0.25) is 0 Å². The van der Waals surface area contributed by atoms with Gasteiger partial charge in [-0.05, 0) is 30.7 Å². The molecule has 23 heavy (non-hydrogen) atoms. The van der Waals surface area contributed by atoms with Crippen molar-refractivity contribution in [3.63, 3.8) is 0 Å². The first-order valence-corrected chi connectivity index (χ1v) is 6.92. The first kappa shape index (κ1) is 14.8. The zero-order chi connectivity index (χ0) is 16.7. The highest BCUT2D eigenvalue weighted by Crippen LogP contribution is 2.31. The molecule has 6 nitrogen and oxygen atoms in total. The smallest absolute Gasteiger partial charge is 0.345 e. The van der Waals surface area contributed by atoms with E-state index in [2.05, 4.69) is 9.97 Å². The molecule has 1 aromatic carbocycles. The van der Waals surface area contributed by atoms with Crippen molar-refractivity contribution in [1.29, 1.82) is 0 Å². The minimum absolute atomic E-state index is 0.289. The number of carbonyl (C=O) groups is 1. The molecule has 0 unspecified atom stereocenters. The third-order valence-corrected chi connectivity index (χ3v) is 3.71. The molecule has 0 aliphatic carbocycles. The van der Waals surface area contributed by atoms with Crippen molar-refractivity contribution in [3.05, 3.63) is 51.6 Å². The summed E-state index contributed by atoms with van der Waals surface area (Å²) in [6, 6.07) is 5.83. The van der Waals surface area contributed by atoms with Crippen LogP contribution in [-0.4, -0.2) is 26.2 Å². The maximum Gasteiger partial charge on any atom is 0.345 e. The van der Waals surface area contributed by atoms with Crippen molar-refractivity contribution in [3.8, 4) is 17.1 Å². The normalized spacial score (nSPS) is 11.0. The van der Waals surface area contributed by atoms with Gasteiger partial charge in [-0.3, -0.25) is 4.79 Å². The second-order valence-electron chi connectivity index (χ2n) is 5.10. The zero-order valence-corrected chi connectivity index (χ0v) is 12.1. The Morgan fingerprint density at radius 1 is 1.26 bits per heavy atom. The number of aromatic carboxylic acids is 1. The lowest BCUT2D eigenvalue weighted by molar-refractivity contribution is 0.0691. The van der Waals surface area contributed by atoms with Crippen LogP contribution in [-0.2, 0) is 6.42 Å². The standard InChI is InChI=1S/C16H13FN2O4/c1-2-9-13(19-15(21)12(14(9)20)16(22)23)11-6-7-5-8(17)3-4-10(7)18-11/h3-6,18H,2H2,1H3,(H,22,23)(H2,19,20,21). The molecule has 7 heteroatoms. The van der Waals surface area contributed by atoms with E-state index in [1.54, 1.807) is 19.1 Å². The molecule has 0 saturated heterocycles. The second-order valence-corrected chi connectivity index (χ2v) is 5.10. The van der Waals surface area contributed by atoms with Crippen molar-refractivity contribution < 1.29 is 19.4 Å². The Hall–Kier alpha value is -3.09. The summed E-state index contributed by atoms with van der Waals surface area (Å²) >= 11 is 0. The SMILES string of the molecule is CCc1c(-c2cc3cc(F)ccc3[nH]2)[nH]c(=O)c(C(=O)O)c1O. The number of nitrogens with one attached hydrogen (secondary N) is 2. The topological polar surface area (TPSA) is 106 Å². The van der Waals surface area contributed by atoms with Crippen LogP contribution in [0.25, 0.3) is 22.3 Å². The molecule has 3 aromatic rings. The number of hydrogen-bond donors (Lipinski definition) is 4. The largest absolute Gasteiger partial charge is 0.506 e. The number of aromatic amines is 2. The van der Waals surface area contributed by atoms with Crippen LogP contribution in [0.5, 0.6) is 5.75 Å². The molecular weight excluding hydrogens is 303 g/mol. The van der Waals surface area contributed by atoms with Crippen molar-refractivity contribution in [2.75, 3.05) is 0 Å². The number of aromatic nitrogens is 2. The number of aromatic hydroxyl groups is 1. The number of carboxylic acid groups (broad SMARTS) is 1. The molecule has 0 bridgehead atoms. The monoisotopic (exact) mass is 316 g/mol. The second kappa shape index (κ2) is 5.28. The van der Waals surface area contributed by atoms with E-state index < -0.39 is 28.7 Å². The predicted molar refractivity (Wildman–Crippen MR) is 82.3 cm³/mol. The minimum Gasteiger partial charge on any atom is -0.506 e. The summed E-state index contributed by atoms with van der Waals surface area (Å²) in [6.07, 6.45) is 0.307. The number of halogens is 1. The van der Waals surface area contributed by atoms with Crippen molar-refractivity contribution >= 4 is 16.9 Å². The molecule has 0 atom stereocenters. The van der Waals surface area contributed by atoms with Crippen LogP contribution in [0.3, 0.4) is 0 Å². The van der Waals surface area contributed by atoms with E-state index >= 15 is 0 Å². The molecule has 2 heterocycles. The number of rotatable bonds is 3. The van der Waals surface area contributed by atoms with Gasteiger partial charge >= 0.3 is 5.97 Å². The van der Waals surface area contributed by atoms with Gasteiger partial charge in [-0.15, -0.1) is 0 Å². The van der Waals surface area contributed by atoms with E-state index in [0.717, 1.165) is 0 Å². The molecule has 0 radical (unpaired) electrons. The van der Waals surface area contributed by atoms with Crippen molar-refractivity contribution in [2.24, 2.45) is 0 Å². The van der Waals surface area contributed by atoms with Gasteiger partial charge in [-0.25, -0.2) is 9.18 Å². The number of H-pyrrole nitrogens is 2. The fourth-order valence-corrected chi connectivity index (χ4v) is 2.64. The van der Waals surface area contributed by atoms with E-state index in [4.69, 9.17) is 5.11 Å². The van der Waals surface area contributed by atoms with Crippen LogP contribution in [0.1, 0.15) is 22.8 Å². The maximum atomic E-state index is 13.3. The van der Waals surface area contributed by atoms with Crippen LogP contribution in [0.15, 0.2) is 29.1 Å². The number of carboxylic acids is 1. The van der Waals surface area contributed by atoms with E-state index in [9.17, 15) is 19.1 Å². The van der Waals surface area contributed by atoms with E-state index in [1.807, 2.05) is 0 Å². The van der Waals surface area contributed by atoms with Gasteiger partial charge in [0, 0.05) is 16.5 Å². The van der Waals surface area contributed by atoms with Crippen molar-refractivity contribution in [1.82, 2.24) is 9.97 Å². The van der Waals surface area contributed by atoms with Crippen molar-refractivity contribution in [2.45, 2.75) is 13.3 Å². The fraction of sp³-hybridized carbons (Fsp3) is 0.125. The first-order valence-electron chi connectivity index (χ1n) is 6.92. The number of benzene rings is 1. The van der Waals surface area contributed by atoms with Crippen LogP contribution in [0, 0.1) is 5.82 Å². The van der Waals surface area contributed by atoms with E-state index in [0.29, 0.717) is 28.6 Å². The lowest BCUT2D eigenvalue weighted by Gasteiger charge is -2.10. The first-order chi connectivity index (χ1) is 10.9. The molecular formula is C16H13FN2O4. The average molecular weight is 316 g/mol. The molecule has 0 amide bonds. The summed E-state index contributed by atoms with van der Waals surface area (Å²) in [5.41, 5.74) is 0.128. The Kier molecular flexibility index (Phi) is 3.40. The van der Waals surface area contributed by atoms with Gasteiger partial charge in [0.25, 0.3) is 5.56 Å². The highest BCUT2D eigenvalue weighted by atomic mass is 19.1. The lowest BCUT2D eigenvalue weighted by Crippen LogP contribution is -2.20. The van der Waals surface area contributed by atoms with Gasteiger partial charge in [-0.1, -0.05) is 6.92 Å². The molecule has 2 aromatic heterocycles. The molecule has 0 saturated carbocycles. The molecule has 3 rings (SSSR count). The quantitative estimate of drug-likeness (QED) is 0.596. The summed E-state index contributed by atoms with van der Waals surface area (Å²) in [4.78, 5) is 28.6. The maximum absolute atomic E-state index is 13.3. The van der Waals surface area contributed by atoms with Gasteiger partial charge in [0.05, 0.1) is 11.4 Å². The third-order valence-electron chi connectivity index (χ3n) is 3.71. The molecule has 0 aliphatic heterocycles. The highest BCUT2D eigenvalue weighted by Gasteiger charge is 2.22. The predicted octanol–water partition coefficient (Wildman–Crippen LogP) is 2.63. The number of fused-ring (bicyclic) bond motifs is 1. The molecule has 118 valence electrons. The fourth-order valence-electron chi connectivity index (χ4n) is 2.64. The molecule has 4 N–H and O–H groups in total. The highest BCUT2D eigenvalue weighted by molar-refractivity contribution is 5.92. The van der Waals surface area contributed by atoms with Crippen LogP contribution in [0.4, 0.5) is 4.39 Å². The number of pyridine rings is 1. The van der Waals surface area contributed by atoms with Gasteiger partial charge in [-0.2, -0.15) is 0 Å². The zero-order valence-electron chi connectivity index (χ0n) is 12.1. The lowest BCUT2D eigenvalue weighted by atomic mass is 10.0. The molecule has 0 aliphatic rings. The van der Waals surface area contributed by atoms with Crippen LogP contribution < -0.4 is 5.56 Å². The summed E-state index contributed by atoms with van der Waals surface area (Å²) in [7, 11) is 0. The summed E-state index contributed by atoms with van der Waals surface area (Å²) < 4.78 is 13.3. The average Bonchev–Trinajstić information content (AvgIpc) is 2.89. The van der Waals surface area contributed by atoms with E-state index in [-0.39, 0.29) is 5.69 Å². The Morgan fingerprint density at radius 2 is 2.00 bits per heavy atom. The van der Waals surface area contributed by atoms with Gasteiger partial charge in [0.2, 0.25) is 0 Å².